The van der Waals surface area contributed by atoms with Gasteiger partial charge in [0.05, 0.1) is 11.8 Å². The highest BCUT2D eigenvalue weighted by Crippen LogP contribution is 2.61. The molecule has 0 aliphatic carbocycles. The van der Waals surface area contributed by atoms with E-state index in [0.29, 0.717) is 0 Å². The van der Waals surface area contributed by atoms with Crippen LogP contribution >= 0.6 is 7.14 Å². The first-order chi connectivity index (χ1) is 14.2. The molecule has 0 heterocycles. The SMILES string of the molecule is O=P(c1ccccc1)(c1ccccc1)[C@H](c1ccccc1)[C@H](O)c1ccccc1. The van der Waals surface area contributed by atoms with Crippen LogP contribution < -0.4 is 10.6 Å². The summed E-state index contributed by atoms with van der Waals surface area (Å²) < 4.78 is 15.0. The average molecular weight is 398 g/mol. The van der Waals surface area contributed by atoms with Gasteiger partial charge in [-0.15, -0.1) is 0 Å². The lowest BCUT2D eigenvalue weighted by Crippen LogP contribution is -2.25. The summed E-state index contributed by atoms with van der Waals surface area (Å²) in [4.78, 5) is 0. The van der Waals surface area contributed by atoms with E-state index in [9.17, 15) is 9.67 Å². The molecule has 0 fully saturated rings. The molecule has 0 amide bonds. The Hall–Kier alpha value is -2.93. The predicted octanol–water partition coefficient (Wildman–Crippen LogP) is 5.48. The summed E-state index contributed by atoms with van der Waals surface area (Å²) in [5.74, 6) is 0. The maximum absolute atomic E-state index is 15.0. The summed E-state index contributed by atoms with van der Waals surface area (Å²) >= 11 is 0. The summed E-state index contributed by atoms with van der Waals surface area (Å²) in [6, 6.07) is 38.3. The molecule has 2 atom stereocenters. The maximum atomic E-state index is 15.0. The quantitative estimate of drug-likeness (QED) is 0.437. The van der Waals surface area contributed by atoms with Gasteiger partial charge in [0.15, 0.2) is 7.14 Å². The van der Waals surface area contributed by atoms with Crippen LogP contribution in [-0.4, -0.2) is 5.11 Å². The summed E-state index contributed by atoms with van der Waals surface area (Å²) in [5.41, 5.74) is 1.02. The fraction of sp³-hybridized carbons (Fsp3) is 0.0769. The van der Waals surface area contributed by atoms with Crippen LogP contribution in [0.4, 0.5) is 0 Å². The first-order valence-electron chi connectivity index (χ1n) is 9.70. The first kappa shape index (κ1) is 19.4. The zero-order valence-corrected chi connectivity index (χ0v) is 16.9. The minimum Gasteiger partial charge on any atom is -0.387 e. The molecule has 144 valence electrons. The smallest absolute Gasteiger partial charge is 0.153 e. The molecule has 29 heavy (non-hydrogen) atoms. The standard InChI is InChI=1S/C26H23O2P/c27-25(21-13-5-1-6-14-21)26(22-15-7-2-8-16-22)29(28,23-17-9-3-10-18-23)24-19-11-4-12-20-24/h1-20,25-27H/t25-,26-/m1/s1. The van der Waals surface area contributed by atoms with Gasteiger partial charge in [-0.1, -0.05) is 121 Å². The third-order valence-electron chi connectivity index (χ3n) is 5.25. The summed E-state index contributed by atoms with van der Waals surface area (Å²) in [5, 5.41) is 13.0. The molecule has 0 saturated heterocycles. The molecule has 3 heteroatoms. The van der Waals surface area contributed by atoms with Gasteiger partial charge in [0.25, 0.3) is 0 Å². The zero-order valence-electron chi connectivity index (χ0n) is 16.0. The van der Waals surface area contributed by atoms with Crippen LogP contribution in [0.1, 0.15) is 22.9 Å². The molecule has 1 N–H and O–H groups in total. The number of aliphatic hydroxyl groups excluding tert-OH is 1. The minimum absolute atomic E-state index is 0.601. The zero-order chi connectivity index (χ0) is 20.1. The van der Waals surface area contributed by atoms with Crippen LogP contribution in [0.2, 0.25) is 0 Å². The van der Waals surface area contributed by atoms with Crippen molar-refractivity contribution in [3.05, 3.63) is 132 Å². The van der Waals surface area contributed by atoms with E-state index in [-0.39, 0.29) is 0 Å². The third-order valence-corrected chi connectivity index (χ3v) is 8.75. The largest absolute Gasteiger partial charge is 0.387 e. The average Bonchev–Trinajstić information content (AvgIpc) is 2.81. The molecule has 0 saturated carbocycles. The minimum atomic E-state index is -3.23. The van der Waals surface area contributed by atoms with E-state index in [1.54, 1.807) is 0 Å². The molecule has 0 unspecified atom stereocenters. The summed E-state index contributed by atoms with van der Waals surface area (Å²) in [6.45, 7) is 0. The van der Waals surface area contributed by atoms with Gasteiger partial charge in [-0.3, -0.25) is 0 Å². The molecule has 2 nitrogen and oxygen atoms in total. The van der Waals surface area contributed by atoms with Crippen molar-refractivity contribution in [2.24, 2.45) is 0 Å². The molecule has 4 aromatic carbocycles. The first-order valence-corrected chi connectivity index (χ1v) is 11.5. The van der Waals surface area contributed by atoms with E-state index in [1.807, 2.05) is 121 Å². The highest BCUT2D eigenvalue weighted by atomic mass is 31.2. The van der Waals surface area contributed by atoms with Crippen molar-refractivity contribution in [3.8, 4) is 0 Å². The van der Waals surface area contributed by atoms with E-state index in [1.165, 1.54) is 0 Å². The van der Waals surface area contributed by atoms with Crippen LogP contribution in [0.5, 0.6) is 0 Å². The molecule has 0 aliphatic heterocycles. The molecule has 0 aromatic heterocycles. The van der Waals surface area contributed by atoms with Gasteiger partial charge in [0.1, 0.15) is 0 Å². The van der Waals surface area contributed by atoms with Crippen molar-refractivity contribution in [3.63, 3.8) is 0 Å². The second-order valence-electron chi connectivity index (χ2n) is 7.04. The normalized spacial score (nSPS) is 13.6. The van der Waals surface area contributed by atoms with E-state index in [4.69, 9.17) is 0 Å². The lowest BCUT2D eigenvalue weighted by molar-refractivity contribution is 0.171. The monoisotopic (exact) mass is 398 g/mol. The van der Waals surface area contributed by atoms with Crippen molar-refractivity contribution < 1.29 is 9.67 Å². The third kappa shape index (κ3) is 3.82. The van der Waals surface area contributed by atoms with Crippen molar-refractivity contribution in [1.29, 1.82) is 0 Å². The molecule has 0 spiro atoms. The van der Waals surface area contributed by atoms with Gasteiger partial charge in [-0.2, -0.15) is 0 Å². The van der Waals surface area contributed by atoms with E-state index in [2.05, 4.69) is 0 Å². The fourth-order valence-electron chi connectivity index (χ4n) is 3.84. The molecule has 4 rings (SSSR count). The Morgan fingerprint density at radius 1 is 0.517 bits per heavy atom. The van der Waals surface area contributed by atoms with Gasteiger partial charge in [0.2, 0.25) is 0 Å². The highest BCUT2D eigenvalue weighted by molar-refractivity contribution is 7.79. The van der Waals surface area contributed by atoms with Gasteiger partial charge in [0, 0.05) is 10.6 Å². The Labute approximate surface area is 171 Å². The number of hydrogen-bond donors (Lipinski definition) is 1. The van der Waals surface area contributed by atoms with Gasteiger partial charge >= 0.3 is 0 Å². The van der Waals surface area contributed by atoms with Gasteiger partial charge < -0.3 is 9.67 Å². The van der Waals surface area contributed by atoms with E-state index >= 15 is 0 Å². The van der Waals surface area contributed by atoms with E-state index < -0.39 is 18.9 Å². The van der Waals surface area contributed by atoms with E-state index in [0.717, 1.165) is 21.7 Å². The Kier molecular flexibility index (Phi) is 5.76. The maximum Gasteiger partial charge on any atom is 0.153 e. The number of aliphatic hydroxyl groups is 1. The second-order valence-corrected chi connectivity index (χ2v) is 9.95. The van der Waals surface area contributed by atoms with Crippen LogP contribution in [0, 0.1) is 0 Å². The Morgan fingerprint density at radius 2 is 0.862 bits per heavy atom. The van der Waals surface area contributed by atoms with Crippen LogP contribution in [0.3, 0.4) is 0 Å². The number of hydrogen-bond acceptors (Lipinski definition) is 2. The predicted molar refractivity (Wildman–Crippen MR) is 120 cm³/mol. The van der Waals surface area contributed by atoms with Crippen LogP contribution in [0.15, 0.2) is 121 Å². The number of benzene rings is 4. The van der Waals surface area contributed by atoms with Gasteiger partial charge in [-0.05, 0) is 11.1 Å². The van der Waals surface area contributed by atoms with Crippen molar-refractivity contribution in [2.45, 2.75) is 11.8 Å². The Bertz CT molecular complexity index is 1040. The van der Waals surface area contributed by atoms with Crippen LogP contribution in [-0.2, 0) is 4.57 Å². The topological polar surface area (TPSA) is 37.3 Å². The fourth-order valence-corrected chi connectivity index (χ4v) is 7.18. The van der Waals surface area contributed by atoms with Crippen LogP contribution in [0.25, 0.3) is 0 Å². The lowest BCUT2D eigenvalue weighted by Gasteiger charge is -2.33. The summed E-state index contributed by atoms with van der Waals surface area (Å²) in [6.07, 6.45) is -0.912. The van der Waals surface area contributed by atoms with Crippen molar-refractivity contribution >= 4 is 17.8 Å². The molecule has 0 radical (unpaired) electrons. The molecule has 4 aromatic rings. The number of rotatable bonds is 6. The Balaban J connectivity index is 1.98. The Morgan fingerprint density at radius 3 is 1.28 bits per heavy atom. The highest BCUT2D eigenvalue weighted by Gasteiger charge is 2.42. The van der Waals surface area contributed by atoms with Gasteiger partial charge in [-0.25, -0.2) is 0 Å². The molecule has 0 aliphatic rings. The molecule has 0 bridgehead atoms. The van der Waals surface area contributed by atoms with Crippen molar-refractivity contribution in [2.75, 3.05) is 0 Å². The van der Waals surface area contributed by atoms with Crippen molar-refractivity contribution in [1.82, 2.24) is 0 Å². The molecular weight excluding hydrogens is 375 g/mol. The molecular formula is C26H23O2P. The second kappa shape index (κ2) is 8.61. The summed E-state index contributed by atoms with van der Waals surface area (Å²) in [7, 11) is -3.23. The lowest BCUT2D eigenvalue weighted by atomic mass is 10.0.